The fourth-order valence-electron chi connectivity index (χ4n) is 3.18. The molecule has 2 aliphatic rings. The Labute approximate surface area is 134 Å². The summed E-state index contributed by atoms with van der Waals surface area (Å²) in [4.78, 5) is 13.5. The summed E-state index contributed by atoms with van der Waals surface area (Å²) in [5.74, 6) is -0.129. The summed E-state index contributed by atoms with van der Waals surface area (Å²) in [6.07, 6.45) is 4.85. The van der Waals surface area contributed by atoms with Crippen LogP contribution < -0.4 is 4.90 Å². The summed E-state index contributed by atoms with van der Waals surface area (Å²) >= 11 is 0. The molecule has 1 fully saturated rings. The summed E-state index contributed by atoms with van der Waals surface area (Å²) in [6, 6.07) is 1.75. The van der Waals surface area contributed by atoms with Crippen LogP contribution in [0.1, 0.15) is 38.4 Å². The molecular formula is C16H22N2O5. The van der Waals surface area contributed by atoms with E-state index in [1.807, 2.05) is 13.8 Å². The molecule has 0 bridgehead atoms. The van der Waals surface area contributed by atoms with Crippen LogP contribution in [-0.2, 0) is 14.3 Å². The fourth-order valence-corrected chi connectivity index (χ4v) is 3.18. The highest BCUT2D eigenvalue weighted by molar-refractivity contribution is 5.75. The Morgan fingerprint density at radius 3 is 2.52 bits per heavy atom. The molecule has 1 atom stereocenters. The van der Waals surface area contributed by atoms with Gasteiger partial charge in [-0.05, 0) is 18.8 Å². The van der Waals surface area contributed by atoms with Crippen molar-refractivity contribution in [2.75, 3.05) is 18.0 Å². The zero-order valence-corrected chi connectivity index (χ0v) is 13.3. The van der Waals surface area contributed by atoms with Crippen molar-refractivity contribution in [2.45, 2.75) is 38.9 Å². The van der Waals surface area contributed by atoms with Crippen LogP contribution in [0.5, 0.6) is 0 Å². The maximum atomic E-state index is 11.4. The number of hydrogen-bond donors (Lipinski definition) is 1. The summed E-state index contributed by atoms with van der Waals surface area (Å²) < 4.78 is 16.1. The van der Waals surface area contributed by atoms with Gasteiger partial charge in [0.25, 0.3) is 0 Å². The van der Waals surface area contributed by atoms with E-state index in [4.69, 9.17) is 14.0 Å². The van der Waals surface area contributed by atoms with Gasteiger partial charge >= 0.3 is 5.97 Å². The Balaban J connectivity index is 1.62. The predicted octanol–water partition coefficient (Wildman–Crippen LogP) is 2.56. The normalized spacial score (nSPS) is 20.6. The SMILES string of the molecule is CC(C)C(C(=O)O)c1cc(N2CCC(C3OC=CO3)CC2)no1. The molecule has 0 amide bonds. The molecule has 7 nitrogen and oxygen atoms in total. The van der Waals surface area contributed by atoms with Crippen molar-refractivity contribution in [1.82, 2.24) is 5.16 Å². The van der Waals surface area contributed by atoms with E-state index in [2.05, 4.69) is 10.1 Å². The molecule has 3 rings (SSSR count). The third-order valence-electron chi connectivity index (χ3n) is 4.48. The molecule has 1 aromatic heterocycles. The van der Waals surface area contributed by atoms with Crippen LogP contribution in [-0.4, -0.2) is 35.6 Å². The third kappa shape index (κ3) is 3.28. The van der Waals surface area contributed by atoms with E-state index in [1.165, 1.54) is 0 Å². The van der Waals surface area contributed by atoms with Crippen LogP contribution in [0.2, 0.25) is 0 Å². The minimum absolute atomic E-state index is 0.0526. The van der Waals surface area contributed by atoms with Crippen LogP contribution in [0.3, 0.4) is 0 Å². The van der Waals surface area contributed by atoms with Gasteiger partial charge in [-0.3, -0.25) is 4.79 Å². The lowest BCUT2D eigenvalue weighted by atomic mass is 9.93. The van der Waals surface area contributed by atoms with Crippen molar-refractivity contribution in [2.24, 2.45) is 11.8 Å². The number of nitrogens with zero attached hydrogens (tertiary/aromatic N) is 2. The molecule has 0 aliphatic carbocycles. The highest BCUT2D eigenvalue weighted by atomic mass is 16.7. The van der Waals surface area contributed by atoms with Crippen LogP contribution in [0.25, 0.3) is 0 Å². The number of carboxylic acids is 1. The number of aromatic nitrogens is 1. The first-order valence-corrected chi connectivity index (χ1v) is 7.96. The van der Waals surface area contributed by atoms with Crippen LogP contribution in [0.15, 0.2) is 23.1 Å². The molecule has 0 saturated carbocycles. The Bertz CT molecular complexity index is 567. The quantitative estimate of drug-likeness (QED) is 0.891. The molecular weight excluding hydrogens is 300 g/mol. The first-order valence-electron chi connectivity index (χ1n) is 7.96. The van der Waals surface area contributed by atoms with Crippen molar-refractivity contribution in [3.63, 3.8) is 0 Å². The lowest BCUT2D eigenvalue weighted by molar-refractivity contribution is -0.140. The highest BCUT2D eigenvalue weighted by Gasteiger charge is 2.32. The van der Waals surface area contributed by atoms with Crippen molar-refractivity contribution in [1.29, 1.82) is 0 Å². The van der Waals surface area contributed by atoms with Crippen LogP contribution in [0.4, 0.5) is 5.82 Å². The number of anilines is 1. The molecule has 1 aromatic rings. The van der Waals surface area contributed by atoms with Gasteiger partial charge in [0.2, 0.25) is 6.29 Å². The number of rotatable bonds is 5. The van der Waals surface area contributed by atoms with Crippen molar-refractivity contribution < 1.29 is 23.9 Å². The summed E-state index contributed by atoms with van der Waals surface area (Å²) in [5.41, 5.74) is 0. The molecule has 1 unspecified atom stereocenters. The van der Waals surface area contributed by atoms with Crippen LogP contribution in [0, 0.1) is 11.8 Å². The van der Waals surface area contributed by atoms with Gasteiger partial charge in [-0.25, -0.2) is 0 Å². The molecule has 0 radical (unpaired) electrons. The van der Waals surface area contributed by atoms with Crippen molar-refractivity contribution in [3.05, 3.63) is 24.4 Å². The topological polar surface area (TPSA) is 85.0 Å². The largest absolute Gasteiger partial charge is 0.481 e. The maximum absolute atomic E-state index is 11.4. The Kier molecular flexibility index (Phi) is 4.45. The van der Waals surface area contributed by atoms with Gasteiger partial charge in [-0.15, -0.1) is 0 Å². The standard InChI is InChI=1S/C16H22N2O5/c1-10(2)14(15(19)20)12-9-13(17-23-12)18-5-3-11(4-6-18)16-21-7-8-22-16/h7-11,14,16H,3-6H2,1-2H3,(H,19,20). The average molecular weight is 322 g/mol. The number of carboxylic acid groups (broad SMARTS) is 1. The van der Waals surface area contributed by atoms with Gasteiger partial charge in [0.15, 0.2) is 11.6 Å². The first kappa shape index (κ1) is 15.7. The van der Waals surface area contributed by atoms with E-state index in [0.717, 1.165) is 25.9 Å². The molecule has 126 valence electrons. The third-order valence-corrected chi connectivity index (χ3v) is 4.48. The van der Waals surface area contributed by atoms with E-state index in [1.54, 1.807) is 18.6 Å². The zero-order chi connectivity index (χ0) is 16.4. The summed E-state index contributed by atoms with van der Waals surface area (Å²) in [6.45, 7) is 5.36. The second-order valence-corrected chi connectivity index (χ2v) is 6.38. The second-order valence-electron chi connectivity index (χ2n) is 6.38. The Hall–Kier alpha value is -2.18. The van der Waals surface area contributed by atoms with E-state index >= 15 is 0 Å². The first-order chi connectivity index (χ1) is 11.1. The second kappa shape index (κ2) is 6.52. The van der Waals surface area contributed by atoms with Crippen molar-refractivity contribution >= 4 is 11.8 Å². The number of hydrogen-bond acceptors (Lipinski definition) is 6. The Morgan fingerprint density at radius 2 is 1.96 bits per heavy atom. The lowest BCUT2D eigenvalue weighted by Crippen LogP contribution is -2.38. The monoisotopic (exact) mass is 322 g/mol. The minimum Gasteiger partial charge on any atom is -0.481 e. The lowest BCUT2D eigenvalue weighted by Gasteiger charge is -2.33. The van der Waals surface area contributed by atoms with E-state index in [0.29, 0.717) is 17.5 Å². The molecule has 1 N–H and O–H groups in total. The number of carbonyl (C=O) groups is 1. The fraction of sp³-hybridized carbons (Fsp3) is 0.625. The average Bonchev–Trinajstić information content (AvgIpc) is 3.18. The number of piperidine rings is 1. The molecule has 23 heavy (non-hydrogen) atoms. The van der Waals surface area contributed by atoms with Crippen LogP contribution >= 0.6 is 0 Å². The highest BCUT2D eigenvalue weighted by Crippen LogP contribution is 2.31. The van der Waals surface area contributed by atoms with Gasteiger partial charge in [-0.2, -0.15) is 0 Å². The molecule has 3 heterocycles. The molecule has 2 aliphatic heterocycles. The minimum atomic E-state index is -0.885. The molecule has 7 heteroatoms. The maximum Gasteiger partial charge on any atom is 0.314 e. The van der Waals surface area contributed by atoms with Gasteiger partial charge in [0.1, 0.15) is 18.4 Å². The summed E-state index contributed by atoms with van der Waals surface area (Å²) in [7, 11) is 0. The predicted molar refractivity (Wildman–Crippen MR) is 81.8 cm³/mol. The van der Waals surface area contributed by atoms with Gasteiger partial charge < -0.3 is 24.0 Å². The Morgan fingerprint density at radius 1 is 1.30 bits per heavy atom. The zero-order valence-electron chi connectivity index (χ0n) is 13.3. The van der Waals surface area contributed by atoms with E-state index in [9.17, 15) is 9.90 Å². The van der Waals surface area contributed by atoms with Crippen molar-refractivity contribution in [3.8, 4) is 0 Å². The molecule has 0 spiro atoms. The van der Waals surface area contributed by atoms with E-state index in [-0.39, 0.29) is 12.2 Å². The number of aliphatic carboxylic acids is 1. The van der Waals surface area contributed by atoms with E-state index < -0.39 is 11.9 Å². The van der Waals surface area contributed by atoms with Gasteiger partial charge in [0, 0.05) is 25.1 Å². The number of ether oxygens (including phenoxy) is 2. The summed E-state index contributed by atoms with van der Waals surface area (Å²) in [5, 5.41) is 13.4. The smallest absolute Gasteiger partial charge is 0.314 e. The molecule has 1 saturated heterocycles. The van der Waals surface area contributed by atoms with Gasteiger partial charge in [0.05, 0.1) is 0 Å². The molecule has 0 aromatic carbocycles. The van der Waals surface area contributed by atoms with Gasteiger partial charge in [-0.1, -0.05) is 19.0 Å².